The number of carbonyl (C=O) groups excluding carboxylic acids is 1. The average molecular weight is 415 g/mol. The van der Waals surface area contributed by atoms with E-state index in [2.05, 4.69) is 37.2 Å². The molecule has 5 nitrogen and oxygen atoms in total. The van der Waals surface area contributed by atoms with Gasteiger partial charge in [0.1, 0.15) is 0 Å². The molecule has 3 aromatic rings. The highest BCUT2D eigenvalue weighted by molar-refractivity contribution is 9.10. The smallest absolute Gasteiger partial charge is 0.237 e. The monoisotopic (exact) mass is 414 g/mol. The lowest BCUT2D eigenvalue weighted by Crippen LogP contribution is -2.30. The quantitative estimate of drug-likeness (QED) is 0.657. The third kappa shape index (κ3) is 3.34. The number of thioether (sulfide) groups is 1. The van der Waals surface area contributed by atoms with E-state index in [9.17, 15) is 4.79 Å². The molecule has 0 bridgehead atoms. The standard InChI is InChI=1S/C18H15BrN4OS/c19-14-7-3-2-6-13(14)17-20-18(22-21-17)25-11-16(24)23-10-9-12-5-1-4-8-15(12)23/h1-8H,9-11H2,(H,20,21,22). The van der Waals surface area contributed by atoms with Crippen LogP contribution in [0.5, 0.6) is 0 Å². The number of carbonyl (C=O) groups is 1. The topological polar surface area (TPSA) is 61.9 Å². The number of para-hydroxylation sites is 1. The third-order valence-electron chi connectivity index (χ3n) is 4.11. The fourth-order valence-corrected chi connectivity index (χ4v) is 4.03. The molecule has 0 radical (unpaired) electrons. The van der Waals surface area contributed by atoms with Gasteiger partial charge in [-0.15, -0.1) is 5.10 Å². The summed E-state index contributed by atoms with van der Waals surface area (Å²) >= 11 is 4.86. The summed E-state index contributed by atoms with van der Waals surface area (Å²) in [6.07, 6.45) is 0.916. The molecule has 2 aromatic carbocycles. The van der Waals surface area contributed by atoms with Crippen molar-refractivity contribution in [3.63, 3.8) is 0 Å². The molecule has 1 aliphatic rings. The molecular weight excluding hydrogens is 400 g/mol. The molecule has 0 fully saturated rings. The number of aromatic nitrogens is 3. The number of H-pyrrole nitrogens is 1. The van der Waals surface area contributed by atoms with Crippen LogP contribution in [-0.2, 0) is 11.2 Å². The highest BCUT2D eigenvalue weighted by Gasteiger charge is 2.24. The number of fused-ring (bicyclic) bond motifs is 1. The first-order valence-corrected chi connectivity index (χ1v) is 9.68. The number of anilines is 1. The second-order valence-corrected chi connectivity index (χ2v) is 7.46. The predicted molar refractivity (Wildman–Crippen MR) is 103 cm³/mol. The maximum Gasteiger partial charge on any atom is 0.237 e. The van der Waals surface area contributed by atoms with E-state index in [1.807, 2.05) is 47.4 Å². The number of nitrogens with one attached hydrogen (secondary N) is 1. The molecule has 0 spiro atoms. The van der Waals surface area contributed by atoms with Crippen LogP contribution >= 0.6 is 27.7 Å². The number of nitrogens with zero attached hydrogens (tertiary/aromatic N) is 3. The molecule has 4 rings (SSSR count). The van der Waals surface area contributed by atoms with E-state index in [0.717, 1.165) is 28.7 Å². The predicted octanol–water partition coefficient (Wildman–Crippen LogP) is 3.92. The van der Waals surface area contributed by atoms with Gasteiger partial charge in [-0.3, -0.25) is 9.89 Å². The highest BCUT2D eigenvalue weighted by Crippen LogP contribution is 2.29. The van der Waals surface area contributed by atoms with Gasteiger partial charge in [-0.1, -0.05) is 64.1 Å². The molecule has 1 N–H and O–H groups in total. The van der Waals surface area contributed by atoms with Crippen molar-refractivity contribution in [2.45, 2.75) is 11.6 Å². The van der Waals surface area contributed by atoms with E-state index in [4.69, 9.17) is 0 Å². The Morgan fingerprint density at radius 1 is 1.20 bits per heavy atom. The number of rotatable bonds is 4. The third-order valence-corrected chi connectivity index (χ3v) is 5.63. The van der Waals surface area contributed by atoms with Crippen molar-refractivity contribution in [3.8, 4) is 11.4 Å². The summed E-state index contributed by atoms with van der Waals surface area (Å²) in [7, 11) is 0. The number of benzene rings is 2. The molecule has 2 heterocycles. The Bertz CT molecular complexity index is 927. The molecular formula is C18H15BrN4OS. The van der Waals surface area contributed by atoms with Crippen LogP contribution in [0.2, 0.25) is 0 Å². The van der Waals surface area contributed by atoms with Crippen molar-refractivity contribution in [2.24, 2.45) is 0 Å². The first-order chi connectivity index (χ1) is 12.2. The zero-order chi connectivity index (χ0) is 17.2. The lowest BCUT2D eigenvalue weighted by atomic mass is 10.2. The first-order valence-electron chi connectivity index (χ1n) is 7.91. The Kier molecular flexibility index (Phi) is 4.59. The van der Waals surface area contributed by atoms with Crippen LogP contribution in [0.25, 0.3) is 11.4 Å². The van der Waals surface area contributed by atoms with E-state index in [1.54, 1.807) is 0 Å². The minimum atomic E-state index is 0.0854. The Morgan fingerprint density at radius 3 is 2.88 bits per heavy atom. The maximum atomic E-state index is 12.5. The van der Waals surface area contributed by atoms with Crippen molar-refractivity contribution in [1.29, 1.82) is 0 Å². The van der Waals surface area contributed by atoms with Gasteiger partial charge in [0, 0.05) is 22.3 Å². The molecule has 0 unspecified atom stereocenters. The van der Waals surface area contributed by atoms with Gasteiger partial charge >= 0.3 is 0 Å². The van der Waals surface area contributed by atoms with Gasteiger partial charge in [0.05, 0.1) is 5.75 Å². The molecule has 0 saturated carbocycles. The Balaban J connectivity index is 1.43. The summed E-state index contributed by atoms with van der Waals surface area (Å²) in [4.78, 5) is 18.9. The molecule has 1 aromatic heterocycles. The molecule has 0 aliphatic carbocycles. The van der Waals surface area contributed by atoms with E-state index in [1.165, 1.54) is 17.3 Å². The zero-order valence-electron chi connectivity index (χ0n) is 13.3. The minimum Gasteiger partial charge on any atom is -0.311 e. The van der Waals surface area contributed by atoms with E-state index in [0.29, 0.717) is 16.7 Å². The number of amides is 1. The molecule has 7 heteroatoms. The minimum absolute atomic E-state index is 0.0854. The number of halogens is 1. The fourth-order valence-electron chi connectivity index (χ4n) is 2.89. The molecule has 126 valence electrons. The van der Waals surface area contributed by atoms with Crippen molar-refractivity contribution in [2.75, 3.05) is 17.2 Å². The molecule has 1 aliphatic heterocycles. The lowest BCUT2D eigenvalue weighted by Gasteiger charge is -2.16. The maximum absolute atomic E-state index is 12.5. The Labute approximate surface area is 158 Å². The SMILES string of the molecule is O=C(CSc1n[nH]c(-c2ccccc2Br)n1)N1CCc2ccccc21. The van der Waals surface area contributed by atoms with E-state index in [-0.39, 0.29) is 5.91 Å². The van der Waals surface area contributed by atoms with Crippen LogP contribution in [0.4, 0.5) is 5.69 Å². The Hall–Kier alpha value is -2.12. The highest BCUT2D eigenvalue weighted by atomic mass is 79.9. The van der Waals surface area contributed by atoms with E-state index >= 15 is 0 Å². The second-order valence-electron chi connectivity index (χ2n) is 5.66. The summed E-state index contributed by atoms with van der Waals surface area (Å²) in [6, 6.07) is 15.9. The van der Waals surface area contributed by atoms with Gasteiger partial charge < -0.3 is 4.90 Å². The fraction of sp³-hybridized carbons (Fsp3) is 0.167. The van der Waals surface area contributed by atoms with Crippen molar-refractivity contribution in [1.82, 2.24) is 15.2 Å². The summed E-state index contributed by atoms with van der Waals surface area (Å²) in [5.41, 5.74) is 3.20. The largest absolute Gasteiger partial charge is 0.311 e. The van der Waals surface area contributed by atoms with Crippen LogP contribution in [0.1, 0.15) is 5.56 Å². The average Bonchev–Trinajstić information content (AvgIpc) is 3.27. The van der Waals surface area contributed by atoms with Crippen LogP contribution < -0.4 is 4.90 Å². The Morgan fingerprint density at radius 2 is 2.00 bits per heavy atom. The van der Waals surface area contributed by atoms with Gasteiger partial charge in [0.15, 0.2) is 5.82 Å². The second kappa shape index (κ2) is 7.01. The van der Waals surface area contributed by atoms with Gasteiger partial charge in [0.25, 0.3) is 0 Å². The summed E-state index contributed by atoms with van der Waals surface area (Å²) in [6.45, 7) is 0.745. The van der Waals surface area contributed by atoms with E-state index < -0.39 is 0 Å². The van der Waals surface area contributed by atoms with Crippen LogP contribution in [-0.4, -0.2) is 33.4 Å². The van der Waals surface area contributed by atoms with Crippen LogP contribution in [0.15, 0.2) is 58.2 Å². The lowest BCUT2D eigenvalue weighted by molar-refractivity contribution is -0.116. The number of aromatic amines is 1. The van der Waals surface area contributed by atoms with Gasteiger partial charge in [-0.05, 0) is 24.1 Å². The van der Waals surface area contributed by atoms with Crippen molar-refractivity contribution in [3.05, 3.63) is 58.6 Å². The summed E-state index contributed by atoms with van der Waals surface area (Å²) in [5.74, 6) is 1.10. The summed E-state index contributed by atoms with van der Waals surface area (Å²) in [5, 5.41) is 7.72. The number of hydrogen-bond donors (Lipinski definition) is 1. The normalized spacial score (nSPS) is 13.1. The molecule has 25 heavy (non-hydrogen) atoms. The van der Waals surface area contributed by atoms with Gasteiger partial charge in [0.2, 0.25) is 11.1 Å². The van der Waals surface area contributed by atoms with Crippen molar-refractivity contribution >= 4 is 39.3 Å². The van der Waals surface area contributed by atoms with Gasteiger partial charge in [-0.2, -0.15) is 0 Å². The first kappa shape index (κ1) is 16.4. The summed E-state index contributed by atoms with van der Waals surface area (Å²) < 4.78 is 0.951. The van der Waals surface area contributed by atoms with Crippen LogP contribution in [0, 0.1) is 0 Å². The number of hydrogen-bond acceptors (Lipinski definition) is 4. The molecule has 0 atom stereocenters. The van der Waals surface area contributed by atoms with Crippen LogP contribution in [0.3, 0.4) is 0 Å². The van der Waals surface area contributed by atoms with Crippen molar-refractivity contribution < 1.29 is 4.79 Å². The molecule has 1 amide bonds. The van der Waals surface area contributed by atoms with Gasteiger partial charge in [-0.25, -0.2) is 4.98 Å². The molecule has 0 saturated heterocycles. The zero-order valence-corrected chi connectivity index (χ0v) is 15.7.